The number of allylic oxidation sites excluding steroid dienone is 1. The minimum Gasteiger partial charge on any atom is -0.338 e. The van der Waals surface area contributed by atoms with E-state index >= 15 is 0 Å². The lowest BCUT2D eigenvalue weighted by Crippen LogP contribution is -2.58. The molecule has 1 saturated carbocycles. The molecule has 2 saturated heterocycles. The highest BCUT2D eigenvalue weighted by atomic mass is 35.5. The van der Waals surface area contributed by atoms with Crippen molar-refractivity contribution >= 4 is 63.5 Å². The molecule has 1 aromatic carbocycles. The summed E-state index contributed by atoms with van der Waals surface area (Å²) in [6, 6.07) is 8.29. The van der Waals surface area contributed by atoms with Crippen molar-refractivity contribution < 1.29 is 9.59 Å². The van der Waals surface area contributed by atoms with Gasteiger partial charge < -0.3 is 20.0 Å². The number of amidine groups is 1. The van der Waals surface area contributed by atoms with Gasteiger partial charge in [0.1, 0.15) is 22.1 Å². The van der Waals surface area contributed by atoms with Crippen LogP contribution in [-0.4, -0.2) is 73.9 Å². The molecular weight excluding hydrogens is 639 g/mol. The normalized spacial score (nSPS) is 27.4. The summed E-state index contributed by atoms with van der Waals surface area (Å²) in [5.74, 6) is -0.00326. The summed E-state index contributed by atoms with van der Waals surface area (Å²) in [6.45, 7) is 8.46. The average Bonchev–Trinajstić information content (AvgIpc) is 3.30. The second-order valence-corrected chi connectivity index (χ2v) is 15.0. The molecule has 2 unspecified atom stereocenters. The number of fused-ring (bicyclic) bond motifs is 1. The molecule has 4 aliphatic heterocycles. The number of hydrogen-bond acceptors (Lipinski definition) is 7. The first-order valence-electron chi connectivity index (χ1n) is 15.3. The number of hydrogen-bond donors (Lipinski definition) is 1. The number of thioether (sulfide) groups is 1. The quantitative estimate of drug-likeness (QED) is 0.368. The van der Waals surface area contributed by atoms with E-state index in [1.54, 1.807) is 18.3 Å². The van der Waals surface area contributed by atoms with E-state index in [0.29, 0.717) is 33.1 Å². The van der Waals surface area contributed by atoms with Gasteiger partial charge in [0.15, 0.2) is 5.17 Å². The third kappa shape index (κ3) is 5.22. The molecule has 1 aliphatic carbocycles. The Bertz CT molecular complexity index is 1580. The number of piperazine rings is 1. The summed E-state index contributed by atoms with van der Waals surface area (Å²) in [7, 11) is 0. The number of benzene rings is 1. The van der Waals surface area contributed by atoms with Crippen LogP contribution >= 0.6 is 46.6 Å². The number of halogens is 3. The zero-order chi connectivity index (χ0) is 30.9. The summed E-state index contributed by atoms with van der Waals surface area (Å²) in [5.41, 5.74) is 2.83. The minimum absolute atomic E-state index is 0.0106. The fourth-order valence-corrected chi connectivity index (χ4v) is 8.87. The SMILES string of the molecule is CC(C)C1=C(C(=O)N2[C@H](C)CC[C@H]2C(=O)N2CCNC3(CC3)C2)SC2=NC(c3ccc(Cl)nc3)C(c3ccc(Cl)c(Cl)c3)N21. The summed E-state index contributed by atoms with van der Waals surface area (Å²) in [6.07, 6.45) is 5.44. The molecule has 12 heteroatoms. The van der Waals surface area contributed by atoms with E-state index in [2.05, 4.69) is 36.0 Å². The van der Waals surface area contributed by atoms with Crippen molar-refractivity contribution in [3.63, 3.8) is 0 Å². The lowest BCUT2D eigenvalue weighted by Gasteiger charge is -2.38. The van der Waals surface area contributed by atoms with Crippen LogP contribution in [0.25, 0.3) is 0 Å². The Morgan fingerprint density at radius 2 is 1.84 bits per heavy atom. The Morgan fingerprint density at radius 1 is 1.07 bits per heavy atom. The number of nitrogens with zero attached hydrogens (tertiary/aromatic N) is 5. The Kier molecular flexibility index (Phi) is 7.93. The van der Waals surface area contributed by atoms with Gasteiger partial charge in [0.2, 0.25) is 5.91 Å². The van der Waals surface area contributed by atoms with E-state index in [9.17, 15) is 9.59 Å². The van der Waals surface area contributed by atoms with Gasteiger partial charge in [-0.2, -0.15) is 0 Å². The molecule has 2 aromatic rings. The Labute approximate surface area is 277 Å². The summed E-state index contributed by atoms with van der Waals surface area (Å²) < 4.78 is 0. The van der Waals surface area contributed by atoms with Crippen LogP contribution < -0.4 is 5.32 Å². The fourth-order valence-electron chi connectivity index (χ4n) is 7.16. The maximum absolute atomic E-state index is 14.6. The van der Waals surface area contributed by atoms with Crippen LogP contribution in [0.2, 0.25) is 15.2 Å². The molecule has 2 amide bonds. The van der Waals surface area contributed by atoms with Gasteiger partial charge in [-0.05, 0) is 79.6 Å². The zero-order valence-electron chi connectivity index (χ0n) is 24.9. The van der Waals surface area contributed by atoms with Crippen LogP contribution in [0, 0.1) is 5.92 Å². The summed E-state index contributed by atoms with van der Waals surface area (Å²) in [5, 5.41) is 5.68. The zero-order valence-corrected chi connectivity index (χ0v) is 28.0. The van der Waals surface area contributed by atoms with Crippen LogP contribution in [0.3, 0.4) is 0 Å². The highest BCUT2D eigenvalue weighted by Gasteiger charge is 2.52. The second kappa shape index (κ2) is 11.5. The largest absolute Gasteiger partial charge is 0.338 e. The van der Waals surface area contributed by atoms with Gasteiger partial charge in [-0.3, -0.25) is 14.6 Å². The van der Waals surface area contributed by atoms with Crippen molar-refractivity contribution in [3.8, 4) is 0 Å². The first-order chi connectivity index (χ1) is 21.1. The molecule has 7 rings (SSSR count). The Hall–Kier alpha value is -2.30. The smallest absolute Gasteiger partial charge is 0.263 e. The maximum Gasteiger partial charge on any atom is 0.263 e. The molecule has 4 atom stereocenters. The molecule has 44 heavy (non-hydrogen) atoms. The van der Waals surface area contributed by atoms with Crippen molar-refractivity contribution in [2.75, 3.05) is 19.6 Å². The van der Waals surface area contributed by atoms with Gasteiger partial charge in [-0.1, -0.05) is 60.8 Å². The minimum atomic E-state index is -0.455. The van der Waals surface area contributed by atoms with Crippen LogP contribution in [0.4, 0.5) is 0 Å². The van der Waals surface area contributed by atoms with Gasteiger partial charge in [0, 0.05) is 43.1 Å². The monoisotopic (exact) mass is 672 g/mol. The number of likely N-dealkylation sites (tertiary alicyclic amines) is 1. The van der Waals surface area contributed by atoms with E-state index in [1.807, 2.05) is 28.0 Å². The standard InChI is InChI=1S/C32H35Cl3N6O2S/c1-17(2)26-28(30(43)40-18(3)4-8-23(40)29(42)39-13-12-37-32(16-39)10-11-32)44-31-38-25(20-6-9-24(35)36-15-20)27(41(26)31)19-5-7-21(33)22(34)14-19/h5-7,9,14-15,17-18,23,25,27,37H,4,8,10-13,16H2,1-3H3/t18-,23+,25?,27?/m1/s1. The van der Waals surface area contributed by atoms with E-state index < -0.39 is 6.04 Å². The highest BCUT2D eigenvalue weighted by Crippen LogP contribution is 2.54. The lowest BCUT2D eigenvalue weighted by molar-refractivity contribution is -0.144. The van der Waals surface area contributed by atoms with Gasteiger partial charge in [-0.15, -0.1) is 0 Å². The van der Waals surface area contributed by atoms with Crippen LogP contribution in [0.5, 0.6) is 0 Å². The molecule has 1 N–H and O–H groups in total. The summed E-state index contributed by atoms with van der Waals surface area (Å²) in [4.78, 5) is 44.7. The molecule has 3 fully saturated rings. The third-order valence-electron chi connectivity index (χ3n) is 9.57. The van der Waals surface area contributed by atoms with Crippen molar-refractivity contribution in [1.29, 1.82) is 0 Å². The van der Waals surface area contributed by atoms with Crippen molar-refractivity contribution in [3.05, 3.63) is 73.5 Å². The third-order valence-corrected chi connectivity index (χ3v) is 11.6. The van der Waals surface area contributed by atoms with Gasteiger partial charge in [0.05, 0.1) is 16.1 Å². The maximum atomic E-state index is 14.6. The molecule has 5 heterocycles. The second-order valence-electron chi connectivity index (χ2n) is 12.9. The molecule has 5 aliphatic rings. The first kappa shape index (κ1) is 30.4. The number of carbonyl (C=O) groups excluding carboxylic acids is 2. The Balaban J connectivity index is 1.25. The van der Waals surface area contributed by atoms with Gasteiger partial charge in [0.25, 0.3) is 5.91 Å². The van der Waals surface area contributed by atoms with Crippen molar-refractivity contribution in [2.45, 2.75) is 76.2 Å². The number of pyridine rings is 1. The number of rotatable bonds is 5. The number of carbonyl (C=O) groups is 2. The molecule has 1 spiro atoms. The topological polar surface area (TPSA) is 81.1 Å². The van der Waals surface area contributed by atoms with Crippen LogP contribution in [-0.2, 0) is 9.59 Å². The molecule has 0 radical (unpaired) electrons. The van der Waals surface area contributed by atoms with E-state index in [-0.39, 0.29) is 41.4 Å². The summed E-state index contributed by atoms with van der Waals surface area (Å²) >= 11 is 20.4. The van der Waals surface area contributed by atoms with Crippen LogP contribution in [0.1, 0.15) is 69.7 Å². The molecular formula is C32H35Cl3N6O2S. The fraction of sp³-hybridized carbons (Fsp3) is 0.500. The number of aromatic nitrogens is 1. The van der Waals surface area contributed by atoms with E-state index in [4.69, 9.17) is 39.8 Å². The Morgan fingerprint density at radius 3 is 2.52 bits per heavy atom. The van der Waals surface area contributed by atoms with Crippen molar-refractivity contribution in [1.82, 2.24) is 25.0 Å². The number of amides is 2. The number of nitrogens with one attached hydrogen (secondary N) is 1. The molecule has 0 bridgehead atoms. The molecule has 232 valence electrons. The first-order valence-corrected chi connectivity index (χ1v) is 17.2. The molecule has 1 aromatic heterocycles. The van der Waals surface area contributed by atoms with Gasteiger partial charge >= 0.3 is 0 Å². The number of aliphatic imine (C=N–C) groups is 1. The van der Waals surface area contributed by atoms with Gasteiger partial charge in [-0.25, -0.2) is 4.98 Å². The predicted octanol–water partition coefficient (Wildman–Crippen LogP) is 6.45. The van der Waals surface area contributed by atoms with Crippen LogP contribution in [0.15, 0.2) is 52.1 Å². The van der Waals surface area contributed by atoms with Crippen molar-refractivity contribution in [2.24, 2.45) is 10.9 Å². The van der Waals surface area contributed by atoms with E-state index in [1.165, 1.54) is 11.8 Å². The lowest BCUT2D eigenvalue weighted by atomic mass is 9.93. The molecule has 8 nitrogen and oxygen atoms in total. The van der Waals surface area contributed by atoms with E-state index in [0.717, 1.165) is 54.3 Å². The predicted molar refractivity (Wildman–Crippen MR) is 176 cm³/mol. The average molecular weight is 674 g/mol. The highest BCUT2D eigenvalue weighted by molar-refractivity contribution is 8.18.